The number of Topliss-reactive ketones (excluding diaryl/α,β-unsaturated/α-hetero) is 1. The first-order valence-electron chi connectivity index (χ1n) is 7.00. The second-order valence-electron chi connectivity index (χ2n) is 5.37. The minimum atomic E-state index is 0.292. The normalized spacial score (nSPS) is 20.9. The van der Waals surface area contributed by atoms with Crippen molar-refractivity contribution in [3.63, 3.8) is 0 Å². The molecule has 2 aliphatic carbocycles. The van der Waals surface area contributed by atoms with Gasteiger partial charge in [-0.25, -0.2) is 4.98 Å². The predicted octanol–water partition coefficient (Wildman–Crippen LogP) is 4.10. The van der Waals surface area contributed by atoms with Crippen molar-refractivity contribution in [2.75, 3.05) is 0 Å². The van der Waals surface area contributed by atoms with Crippen molar-refractivity contribution in [1.29, 1.82) is 0 Å². The van der Waals surface area contributed by atoms with Gasteiger partial charge in [-0.3, -0.25) is 4.79 Å². The van der Waals surface area contributed by atoms with E-state index in [0.29, 0.717) is 17.0 Å². The molecule has 2 saturated carbocycles. The first-order chi connectivity index (χ1) is 8.84. The zero-order chi connectivity index (χ0) is 12.4. The summed E-state index contributed by atoms with van der Waals surface area (Å²) in [6, 6.07) is 3.85. The summed E-state index contributed by atoms with van der Waals surface area (Å²) in [6.07, 6.45) is 10.5. The van der Waals surface area contributed by atoms with Gasteiger partial charge < -0.3 is 0 Å². The van der Waals surface area contributed by atoms with Crippen molar-refractivity contribution in [1.82, 2.24) is 4.98 Å². The molecule has 2 aliphatic rings. The van der Waals surface area contributed by atoms with Crippen LogP contribution in [0.4, 0.5) is 0 Å². The standard InChI is InChI=1S/C15H19NOS/c17-14(11-8-9-11)13-7-4-10-16-15(13)18-12-5-2-1-3-6-12/h4,7,10-12H,1-3,5-6,8-9H2. The molecular weight excluding hydrogens is 242 g/mol. The molecule has 0 bridgehead atoms. The van der Waals surface area contributed by atoms with Gasteiger partial charge in [0.2, 0.25) is 0 Å². The number of thioether (sulfide) groups is 1. The fourth-order valence-electron chi connectivity index (χ4n) is 2.58. The lowest BCUT2D eigenvalue weighted by Crippen LogP contribution is -2.11. The summed E-state index contributed by atoms with van der Waals surface area (Å²) >= 11 is 1.83. The van der Waals surface area contributed by atoms with Crippen LogP contribution in [0.5, 0.6) is 0 Å². The van der Waals surface area contributed by atoms with Crippen LogP contribution >= 0.6 is 11.8 Å². The van der Waals surface area contributed by atoms with E-state index in [1.807, 2.05) is 30.1 Å². The molecule has 0 aromatic carbocycles. The molecule has 3 heteroatoms. The number of carbonyl (C=O) groups excluding carboxylic acids is 1. The average Bonchev–Trinajstić information content (AvgIpc) is 3.24. The molecule has 0 amide bonds. The zero-order valence-electron chi connectivity index (χ0n) is 10.6. The topological polar surface area (TPSA) is 30.0 Å². The first-order valence-corrected chi connectivity index (χ1v) is 7.88. The molecule has 96 valence electrons. The van der Waals surface area contributed by atoms with Crippen LogP contribution in [0.3, 0.4) is 0 Å². The number of ketones is 1. The van der Waals surface area contributed by atoms with Crippen LogP contribution in [0.15, 0.2) is 23.4 Å². The summed E-state index contributed by atoms with van der Waals surface area (Å²) in [5.41, 5.74) is 0.871. The van der Waals surface area contributed by atoms with E-state index in [1.54, 1.807) is 0 Å². The van der Waals surface area contributed by atoms with Gasteiger partial charge in [-0.15, -0.1) is 11.8 Å². The van der Waals surface area contributed by atoms with Gasteiger partial charge in [0.1, 0.15) is 5.03 Å². The minimum absolute atomic E-state index is 0.292. The van der Waals surface area contributed by atoms with E-state index >= 15 is 0 Å². The fourth-order valence-corrected chi connectivity index (χ4v) is 3.88. The fraction of sp³-hybridized carbons (Fsp3) is 0.600. The van der Waals surface area contributed by atoms with Gasteiger partial charge in [-0.2, -0.15) is 0 Å². The summed E-state index contributed by atoms with van der Waals surface area (Å²) in [5.74, 6) is 0.612. The lowest BCUT2D eigenvalue weighted by atomic mass is 10.0. The Hall–Kier alpha value is -0.830. The molecule has 0 atom stereocenters. The summed E-state index contributed by atoms with van der Waals surface area (Å²) in [5, 5.41) is 1.64. The summed E-state index contributed by atoms with van der Waals surface area (Å²) < 4.78 is 0. The Bertz CT molecular complexity index is 436. The van der Waals surface area contributed by atoms with Gasteiger partial charge in [-0.1, -0.05) is 19.3 Å². The van der Waals surface area contributed by atoms with E-state index in [0.717, 1.165) is 23.4 Å². The zero-order valence-corrected chi connectivity index (χ0v) is 11.4. The van der Waals surface area contributed by atoms with E-state index in [2.05, 4.69) is 4.98 Å². The Morgan fingerprint density at radius 1 is 1.17 bits per heavy atom. The number of nitrogens with zero attached hydrogens (tertiary/aromatic N) is 1. The van der Waals surface area contributed by atoms with Crippen LogP contribution in [0.25, 0.3) is 0 Å². The molecule has 0 saturated heterocycles. The maximum absolute atomic E-state index is 12.2. The Labute approximate surface area is 113 Å². The molecule has 0 N–H and O–H groups in total. The molecule has 0 radical (unpaired) electrons. The molecule has 2 nitrogen and oxygen atoms in total. The van der Waals surface area contributed by atoms with Crippen molar-refractivity contribution in [2.45, 2.75) is 55.2 Å². The van der Waals surface area contributed by atoms with E-state index in [9.17, 15) is 4.79 Å². The highest BCUT2D eigenvalue weighted by Gasteiger charge is 2.32. The van der Waals surface area contributed by atoms with Crippen molar-refractivity contribution in [2.24, 2.45) is 5.92 Å². The molecule has 0 unspecified atom stereocenters. The lowest BCUT2D eigenvalue weighted by molar-refractivity contribution is 0.0964. The maximum atomic E-state index is 12.2. The Morgan fingerprint density at radius 2 is 1.94 bits per heavy atom. The Kier molecular flexibility index (Phi) is 3.69. The second kappa shape index (κ2) is 5.43. The highest BCUT2D eigenvalue weighted by atomic mass is 32.2. The van der Waals surface area contributed by atoms with E-state index < -0.39 is 0 Å². The van der Waals surface area contributed by atoms with Gasteiger partial charge in [0.25, 0.3) is 0 Å². The Morgan fingerprint density at radius 3 is 2.67 bits per heavy atom. The third-order valence-electron chi connectivity index (χ3n) is 3.82. The van der Waals surface area contributed by atoms with Crippen molar-refractivity contribution in [3.05, 3.63) is 23.9 Å². The molecule has 0 aliphatic heterocycles. The van der Waals surface area contributed by atoms with Crippen LogP contribution < -0.4 is 0 Å². The SMILES string of the molecule is O=C(c1cccnc1SC1CCCCC1)C1CC1. The third-order valence-corrected chi connectivity index (χ3v) is 5.17. The lowest BCUT2D eigenvalue weighted by Gasteiger charge is -2.21. The van der Waals surface area contributed by atoms with Crippen molar-refractivity contribution >= 4 is 17.5 Å². The van der Waals surface area contributed by atoms with E-state index in [1.165, 1.54) is 32.1 Å². The van der Waals surface area contributed by atoms with Crippen LogP contribution in [-0.2, 0) is 0 Å². The molecular formula is C15H19NOS. The number of pyridine rings is 1. The van der Waals surface area contributed by atoms with E-state index in [4.69, 9.17) is 0 Å². The van der Waals surface area contributed by atoms with Crippen LogP contribution in [0.2, 0.25) is 0 Å². The van der Waals surface area contributed by atoms with Crippen LogP contribution in [0, 0.1) is 5.92 Å². The highest BCUT2D eigenvalue weighted by Crippen LogP contribution is 2.38. The molecule has 0 spiro atoms. The average molecular weight is 261 g/mol. The number of aromatic nitrogens is 1. The maximum Gasteiger partial charge on any atom is 0.168 e. The Balaban J connectivity index is 1.75. The summed E-state index contributed by atoms with van der Waals surface area (Å²) in [7, 11) is 0. The third kappa shape index (κ3) is 2.77. The highest BCUT2D eigenvalue weighted by molar-refractivity contribution is 7.99. The van der Waals surface area contributed by atoms with Crippen LogP contribution in [-0.4, -0.2) is 16.0 Å². The molecule has 3 rings (SSSR count). The van der Waals surface area contributed by atoms with Crippen molar-refractivity contribution < 1.29 is 4.79 Å². The van der Waals surface area contributed by atoms with E-state index in [-0.39, 0.29) is 0 Å². The smallest absolute Gasteiger partial charge is 0.168 e. The molecule has 18 heavy (non-hydrogen) atoms. The quantitative estimate of drug-likeness (QED) is 0.764. The number of hydrogen-bond donors (Lipinski definition) is 0. The number of rotatable bonds is 4. The summed E-state index contributed by atoms with van der Waals surface area (Å²) in [4.78, 5) is 16.7. The second-order valence-corrected chi connectivity index (χ2v) is 6.66. The number of hydrogen-bond acceptors (Lipinski definition) is 3. The van der Waals surface area contributed by atoms with Gasteiger partial charge >= 0.3 is 0 Å². The van der Waals surface area contributed by atoms with Gasteiger partial charge in [0, 0.05) is 17.4 Å². The van der Waals surface area contributed by atoms with Gasteiger partial charge in [-0.05, 0) is 37.8 Å². The molecule has 1 aromatic heterocycles. The van der Waals surface area contributed by atoms with Crippen molar-refractivity contribution in [3.8, 4) is 0 Å². The van der Waals surface area contributed by atoms with Crippen LogP contribution in [0.1, 0.15) is 55.3 Å². The minimum Gasteiger partial charge on any atom is -0.294 e. The molecule has 1 aromatic rings. The number of carbonyl (C=O) groups is 1. The molecule has 2 fully saturated rings. The van der Waals surface area contributed by atoms with Gasteiger partial charge in [0.05, 0.1) is 5.56 Å². The molecule has 1 heterocycles. The predicted molar refractivity (Wildman–Crippen MR) is 74.0 cm³/mol. The van der Waals surface area contributed by atoms with Gasteiger partial charge in [0.15, 0.2) is 5.78 Å². The monoisotopic (exact) mass is 261 g/mol. The first kappa shape index (κ1) is 12.2. The summed E-state index contributed by atoms with van der Waals surface area (Å²) in [6.45, 7) is 0. The largest absolute Gasteiger partial charge is 0.294 e.